The number of H-pyrrole nitrogens is 1. The molecule has 3 aliphatic rings. The summed E-state index contributed by atoms with van der Waals surface area (Å²) in [6, 6.07) is 17.7. The number of rotatable bonds is 6. The number of aliphatic imine (C=N–C) groups is 1. The monoisotopic (exact) mass is 484 g/mol. The highest BCUT2D eigenvalue weighted by Crippen LogP contribution is 2.34. The zero-order chi connectivity index (χ0) is 23.8. The Labute approximate surface area is 208 Å². The Hall–Kier alpha value is -3.42. The molecule has 35 heavy (non-hydrogen) atoms. The fraction of sp³-hybridized carbons (Fsp3) is 0.286. The van der Waals surface area contributed by atoms with Gasteiger partial charge >= 0.3 is 0 Å². The molecule has 178 valence electrons. The number of piperidine rings is 3. The molecule has 2 aromatic carbocycles. The number of nitrogens with zero attached hydrogens (tertiary/aromatic N) is 2. The summed E-state index contributed by atoms with van der Waals surface area (Å²) in [6.45, 7) is 3.77. The van der Waals surface area contributed by atoms with Gasteiger partial charge in [-0.25, -0.2) is 0 Å². The van der Waals surface area contributed by atoms with Crippen LogP contribution in [-0.4, -0.2) is 52.3 Å². The predicted molar refractivity (Wildman–Crippen MR) is 140 cm³/mol. The van der Waals surface area contributed by atoms with Crippen molar-refractivity contribution in [1.29, 1.82) is 0 Å². The van der Waals surface area contributed by atoms with E-state index in [1.807, 2.05) is 47.8 Å². The van der Waals surface area contributed by atoms with Crippen LogP contribution in [0, 0.1) is 5.92 Å². The van der Waals surface area contributed by atoms with Crippen molar-refractivity contribution in [3.05, 3.63) is 87.6 Å². The maximum Gasteiger partial charge on any atom is 0.251 e. The second-order valence-electron chi connectivity index (χ2n) is 9.47. The lowest BCUT2D eigenvalue weighted by molar-refractivity contribution is 0.0907. The third-order valence-corrected chi connectivity index (χ3v) is 7.97. The van der Waals surface area contributed by atoms with E-state index in [0.29, 0.717) is 23.6 Å². The first kappa shape index (κ1) is 22.1. The number of aromatic hydroxyl groups is 1. The number of hydrogen-bond acceptors (Lipinski definition) is 5. The van der Waals surface area contributed by atoms with E-state index >= 15 is 0 Å². The van der Waals surface area contributed by atoms with Crippen molar-refractivity contribution in [3.8, 4) is 5.88 Å². The molecule has 4 aromatic rings. The maximum absolute atomic E-state index is 12.8. The largest absolute Gasteiger partial charge is 0.494 e. The third kappa shape index (κ3) is 4.37. The molecule has 3 N–H and O–H groups in total. The van der Waals surface area contributed by atoms with Crippen molar-refractivity contribution >= 4 is 33.9 Å². The zero-order valence-corrected chi connectivity index (χ0v) is 20.2. The highest BCUT2D eigenvalue weighted by molar-refractivity contribution is 7.08. The highest BCUT2D eigenvalue weighted by atomic mass is 32.1. The van der Waals surface area contributed by atoms with Crippen molar-refractivity contribution in [2.75, 3.05) is 19.6 Å². The number of aromatic amines is 1. The van der Waals surface area contributed by atoms with Gasteiger partial charge in [-0.05, 0) is 61.0 Å². The van der Waals surface area contributed by atoms with Gasteiger partial charge in [0.25, 0.3) is 5.91 Å². The Bertz CT molecular complexity index is 1370. The van der Waals surface area contributed by atoms with E-state index in [1.165, 1.54) is 12.8 Å². The van der Waals surface area contributed by atoms with Crippen molar-refractivity contribution in [2.24, 2.45) is 10.9 Å². The van der Waals surface area contributed by atoms with Crippen molar-refractivity contribution in [3.63, 3.8) is 0 Å². The Morgan fingerprint density at radius 2 is 1.94 bits per heavy atom. The molecule has 3 saturated heterocycles. The smallest absolute Gasteiger partial charge is 0.251 e. The summed E-state index contributed by atoms with van der Waals surface area (Å²) in [5.74, 6) is 0.541. The van der Waals surface area contributed by atoms with Crippen LogP contribution in [0.15, 0.2) is 70.3 Å². The molecule has 3 aliphatic heterocycles. The average molecular weight is 485 g/mol. The lowest BCUT2D eigenvalue weighted by Gasteiger charge is -2.43. The molecule has 5 heterocycles. The van der Waals surface area contributed by atoms with Crippen LogP contribution in [0.1, 0.15) is 39.9 Å². The molecule has 0 radical (unpaired) electrons. The van der Waals surface area contributed by atoms with E-state index in [9.17, 15) is 9.90 Å². The lowest BCUT2D eigenvalue weighted by Crippen LogP contribution is -2.49. The topological polar surface area (TPSA) is 80.7 Å². The molecule has 0 saturated carbocycles. The van der Waals surface area contributed by atoms with Gasteiger partial charge in [0.2, 0.25) is 0 Å². The van der Waals surface area contributed by atoms with Crippen LogP contribution in [0.5, 0.6) is 5.88 Å². The number of aromatic nitrogens is 1. The minimum Gasteiger partial charge on any atom is -0.494 e. The summed E-state index contributed by atoms with van der Waals surface area (Å²) in [5, 5.41) is 19.0. The fourth-order valence-corrected chi connectivity index (χ4v) is 6.01. The van der Waals surface area contributed by atoms with E-state index < -0.39 is 0 Å². The number of carbonyl (C=O) groups excluding carboxylic acids is 1. The van der Waals surface area contributed by atoms with Gasteiger partial charge in [0, 0.05) is 40.5 Å². The third-order valence-electron chi connectivity index (χ3n) is 7.28. The second-order valence-corrected chi connectivity index (χ2v) is 10.3. The van der Waals surface area contributed by atoms with Crippen molar-refractivity contribution in [1.82, 2.24) is 15.2 Å². The number of hydrogen-bond donors (Lipinski definition) is 3. The number of amides is 1. The summed E-state index contributed by atoms with van der Waals surface area (Å²) in [5.41, 5.74) is 4.88. The van der Waals surface area contributed by atoms with Crippen LogP contribution < -0.4 is 5.32 Å². The molecule has 2 aromatic heterocycles. The van der Waals surface area contributed by atoms with E-state index in [4.69, 9.17) is 4.99 Å². The molecule has 6 nitrogen and oxygen atoms in total. The van der Waals surface area contributed by atoms with Crippen molar-refractivity contribution < 1.29 is 9.90 Å². The molecule has 1 unspecified atom stereocenters. The summed E-state index contributed by atoms with van der Waals surface area (Å²) >= 11 is 1.63. The van der Waals surface area contributed by atoms with E-state index in [-0.39, 0.29) is 17.8 Å². The Kier molecular flexibility index (Phi) is 5.88. The van der Waals surface area contributed by atoms with Gasteiger partial charge in [0.15, 0.2) is 5.88 Å². The number of benzene rings is 2. The molecular formula is C28H28N4O2S. The first-order valence-corrected chi connectivity index (χ1v) is 13.1. The summed E-state index contributed by atoms with van der Waals surface area (Å²) in [7, 11) is 0. The van der Waals surface area contributed by atoms with Crippen LogP contribution in [0.4, 0.5) is 0 Å². The normalized spacial score (nSPS) is 21.9. The average Bonchev–Trinajstić information content (AvgIpc) is 3.54. The van der Waals surface area contributed by atoms with Crippen LogP contribution in [0.3, 0.4) is 0 Å². The van der Waals surface area contributed by atoms with Gasteiger partial charge in [-0.2, -0.15) is 11.3 Å². The summed E-state index contributed by atoms with van der Waals surface area (Å²) in [6.07, 6.45) is 2.37. The molecule has 1 amide bonds. The molecule has 1 atom stereocenters. The predicted octanol–water partition coefficient (Wildman–Crippen LogP) is 4.80. The molecule has 7 rings (SSSR count). The second kappa shape index (κ2) is 9.32. The maximum atomic E-state index is 12.8. The molecular weight excluding hydrogens is 456 g/mol. The highest BCUT2D eigenvalue weighted by Gasteiger charge is 2.34. The van der Waals surface area contributed by atoms with Gasteiger partial charge in [-0.15, -0.1) is 0 Å². The van der Waals surface area contributed by atoms with Gasteiger partial charge in [-0.3, -0.25) is 9.79 Å². The van der Waals surface area contributed by atoms with E-state index in [1.54, 1.807) is 17.4 Å². The van der Waals surface area contributed by atoms with Gasteiger partial charge in [0.1, 0.15) is 0 Å². The molecule has 3 fully saturated rings. The standard InChI is InChI=1S/C28H28N4O2S/c33-27(29-15-18-4-2-1-3-5-18)20-6-7-22-23(14-20)31-28(34)25(22)26(21-10-13-35-17-21)30-24-16-32-11-8-19(24)9-12-32/h1-7,10,13-14,17,19,24,31,34H,8-9,11-12,15-16H2,(H,29,33). The number of thiophene rings is 1. The van der Waals surface area contributed by atoms with Crippen LogP contribution in [-0.2, 0) is 6.54 Å². The number of nitrogens with one attached hydrogen (secondary N) is 2. The Balaban J connectivity index is 1.33. The fourth-order valence-electron chi connectivity index (χ4n) is 5.37. The first-order chi connectivity index (χ1) is 17.2. The quantitative estimate of drug-likeness (QED) is 0.344. The minimum absolute atomic E-state index is 0.0908. The number of carbonyl (C=O) groups is 1. The van der Waals surface area contributed by atoms with E-state index in [2.05, 4.69) is 26.6 Å². The van der Waals surface area contributed by atoms with Gasteiger partial charge in [0.05, 0.1) is 17.3 Å². The molecule has 2 bridgehead atoms. The van der Waals surface area contributed by atoms with Gasteiger partial charge in [-0.1, -0.05) is 36.4 Å². The Morgan fingerprint density at radius 3 is 2.66 bits per heavy atom. The van der Waals surface area contributed by atoms with Crippen LogP contribution >= 0.6 is 11.3 Å². The molecule has 0 aliphatic carbocycles. The zero-order valence-electron chi connectivity index (χ0n) is 19.4. The van der Waals surface area contributed by atoms with Crippen molar-refractivity contribution in [2.45, 2.75) is 25.4 Å². The minimum atomic E-state index is -0.148. The Morgan fingerprint density at radius 1 is 1.11 bits per heavy atom. The molecule has 7 heteroatoms. The SMILES string of the molecule is O=C(NCc1ccccc1)c1ccc2c(C(=NC3CN4CCC3CC4)c3ccsc3)c(O)[nH]c2c1. The lowest BCUT2D eigenvalue weighted by atomic mass is 9.84. The summed E-state index contributed by atoms with van der Waals surface area (Å²) < 4.78 is 0. The molecule has 0 spiro atoms. The van der Waals surface area contributed by atoms with Gasteiger partial charge < -0.3 is 20.3 Å². The van der Waals surface area contributed by atoms with Crippen LogP contribution in [0.2, 0.25) is 0 Å². The number of fused-ring (bicyclic) bond motifs is 4. The van der Waals surface area contributed by atoms with Crippen LogP contribution in [0.25, 0.3) is 10.9 Å². The summed E-state index contributed by atoms with van der Waals surface area (Å²) in [4.78, 5) is 23.6. The first-order valence-electron chi connectivity index (χ1n) is 12.2. The van der Waals surface area contributed by atoms with E-state index in [0.717, 1.165) is 47.4 Å².